The van der Waals surface area contributed by atoms with Gasteiger partial charge in [-0.2, -0.15) is 0 Å². The van der Waals surface area contributed by atoms with Crippen LogP contribution in [0.5, 0.6) is 0 Å². The predicted octanol–water partition coefficient (Wildman–Crippen LogP) is 2.66. The van der Waals surface area contributed by atoms with Crippen LogP contribution in [0.15, 0.2) is 54.9 Å². The zero-order valence-corrected chi connectivity index (χ0v) is 10.9. The molecule has 0 amide bonds. The van der Waals surface area contributed by atoms with Gasteiger partial charge in [0.15, 0.2) is 0 Å². The number of hydrogen-bond acceptors (Lipinski definition) is 3. The molecule has 1 aromatic carbocycles. The van der Waals surface area contributed by atoms with Crippen molar-refractivity contribution in [2.75, 3.05) is 19.7 Å². The molecule has 1 fully saturated rings. The van der Waals surface area contributed by atoms with Crippen molar-refractivity contribution < 1.29 is 4.74 Å². The van der Waals surface area contributed by atoms with Crippen molar-refractivity contribution >= 4 is 0 Å². The Labute approximate surface area is 113 Å². The highest BCUT2D eigenvalue weighted by atomic mass is 16.5. The van der Waals surface area contributed by atoms with Crippen LogP contribution in [0.4, 0.5) is 0 Å². The van der Waals surface area contributed by atoms with E-state index in [4.69, 9.17) is 4.74 Å². The van der Waals surface area contributed by atoms with Gasteiger partial charge in [-0.3, -0.25) is 9.88 Å². The number of pyridine rings is 1. The van der Waals surface area contributed by atoms with E-state index in [1.807, 2.05) is 12.3 Å². The Morgan fingerprint density at radius 1 is 1.16 bits per heavy atom. The monoisotopic (exact) mass is 254 g/mol. The van der Waals surface area contributed by atoms with Gasteiger partial charge in [0.2, 0.25) is 0 Å². The van der Waals surface area contributed by atoms with Crippen LogP contribution < -0.4 is 0 Å². The smallest absolute Gasteiger partial charge is 0.0967 e. The van der Waals surface area contributed by atoms with Crippen LogP contribution >= 0.6 is 0 Å². The average molecular weight is 254 g/mol. The first kappa shape index (κ1) is 12.3. The minimum absolute atomic E-state index is 0.145. The second kappa shape index (κ2) is 5.95. The molecule has 0 aliphatic carbocycles. The van der Waals surface area contributed by atoms with E-state index in [1.54, 1.807) is 6.20 Å². The van der Waals surface area contributed by atoms with E-state index in [-0.39, 0.29) is 6.10 Å². The average Bonchev–Trinajstić information content (AvgIpc) is 2.49. The molecule has 3 nitrogen and oxygen atoms in total. The molecule has 2 aromatic rings. The number of nitrogens with zero attached hydrogens (tertiary/aromatic N) is 2. The Morgan fingerprint density at radius 2 is 2.05 bits per heavy atom. The summed E-state index contributed by atoms with van der Waals surface area (Å²) in [7, 11) is 0. The summed E-state index contributed by atoms with van der Waals surface area (Å²) >= 11 is 0. The van der Waals surface area contributed by atoms with E-state index in [9.17, 15) is 0 Å². The zero-order chi connectivity index (χ0) is 12.9. The van der Waals surface area contributed by atoms with Crippen molar-refractivity contribution in [1.29, 1.82) is 0 Å². The Morgan fingerprint density at radius 3 is 2.84 bits per heavy atom. The van der Waals surface area contributed by atoms with Crippen molar-refractivity contribution in [2.45, 2.75) is 12.6 Å². The molecular weight excluding hydrogens is 236 g/mol. The summed E-state index contributed by atoms with van der Waals surface area (Å²) in [4.78, 5) is 6.61. The molecular formula is C16H18N2O. The Bertz CT molecular complexity index is 501. The summed E-state index contributed by atoms with van der Waals surface area (Å²) in [5.74, 6) is 0. The molecule has 1 aliphatic rings. The first-order valence-electron chi connectivity index (χ1n) is 6.69. The lowest BCUT2D eigenvalue weighted by Gasteiger charge is -2.33. The molecule has 98 valence electrons. The maximum atomic E-state index is 5.85. The van der Waals surface area contributed by atoms with Gasteiger partial charge in [0.05, 0.1) is 12.7 Å². The summed E-state index contributed by atoms with van der Waals surface area (Å²) in [6.07, 6.45) is 3.84. The number of ether oxygens (including phenoxy) is 1. The first-order chi connectivity index (χ1) is 9.42. The van der Waals surface area contributed by atoms with Crippen molar-refractivity contribution in [3.8, 4) is 0 Å². The highest BCUT2D eigenvalue weighted by Crippen LogP contribution is 2.22. The molecule has 0 saturated carbocycles. The molecule has 1 aromatic heterocycles. The largest absolute Gasteiger partial charge is 0.371 e. The van der Waals surface area contributed by atoms with Crippen LogP contribution in [0.1, 0.15) is 17.2 Å². The topological polar surface area (TPSA) is 25.4 Å². The summed E-state index contributed by atoms with van der Waals surface area (Å²) in [6, 6.07) is 14.6. The van der Waals surface area contributed by atoms with Crippen molar-refractivity contribution in [1.82, 2.24) is 9.88 Å². The van der Waals surface area contributed by atoms with Crippen LogP contribution in [0, 0.1) is 0 Å². The fourth-order valence-corrected chi connectivity index (χ4v) is 2.46. The number of aromatic nitrogens is 1. The maximum Gasteiger partial charge on any atom is 0.0967 e. The molecule has 0 N–H and O–H groups in total. The Balaban J connectivity index is 1.65. The zero-order valence-electron chi connectivity index (χ0n) is 10.9. The van der Waals surface area contributed by atoms with E-state index < -0.39 is 0 Å². The highest BCUT2D eigenvalue weighted by molar-refractivity contribution is 5.16. The number of rotatable bonds is 3. The third kappa shape index (κ3) is 3.19. The summed E-state index contributed by atoms with van der Waals surface area (Å²) in [5.41, 5.74) is 2.52. The van der Waals surface area contributed by atoms with E-state index >= 15 is 0 Å². The number of benzene rings is 1. The van der Waals surface area contributed by atoms with Crippen LogP contribution in [0.3, 0.4) is 0 Å². The van der Waals surface area contributed by atoms with Crippen LogP contribution in [0.2, 0.25) is 0 Å². The SMILES string of the molecule is c1ccc(CN2CCO[C@H](c3cccnc3)C2)cc1. The van der Waals surface area contributed by atoms with E-state index in [2.05, 4.69) is 46.3 Å². The summed E-state index contributed by atoms with van der Waals surface area (Å²) in [6.45, 7) is 3.69. The van der Waals surface area contributed by atoms with Gasteiger partial charge in [-0.05, 0) is 11.6 Å². The summed E-state index contributed by atoms with van der Waals surface area (Å²) in [5, 5.41) is 0. The lowest BCUT2D eigenvalue weighted by atomic mass is 10.1. The molecule has 3 heteroatoms. The molecule has 0 spiro atoms. The van der Waals surface area contributed by atoms with E-state index in [0.29, 0.717) is 0 Å². The molecule has 0 unspecified atom stereocenters. The quantitative estimate of drug-likeness (QED) is 0.842. The molecule has 3 rings (SSSR count). The van der Waals surface area contributed by atoms with Crippen LogP contribution in [-0.4, -0.2) is 29.6 Å². The number of hydrogen-bond donors (Lipinski definition) is 0. The third-order valence-electron chi connectivity index (χ3n) is 3.46. The highest BCUT2D eigenvalue weighted by Gasteiger charge is 2.21. The molecule has 1 saturated heterocycles. The van der Waals surface area contributed by atoms with E-state index in [1.165, 1.54) is 11.1 Å². The Hall–Kier alpha value is -1.71. The van der Waals surface area contributed by atoms with Crippen molar-refractivity contribution in [3.63, 3.8) is 0 Å². The first-order valence-corrected chi connectivity index (χ1v) is 6.69. The maximum absolute atomic E-state index is 5.85. The number of morpholine rings is 1. The summed E-state index contributed by atoms with van der Waals surface area (Å²) < 4.78 is 5.85. The second-order valence-electron chi connectivity index (χ2n) is 4.87. The molecule has 1 atom stereocenters. The normalized spacial score (nSPS) is 20.3. The van der Waals surface area contributed by atoms with Gasteiger partial charge in [-0.15, -0.1) is 0 Å². The van der Waals surface area contributed by atoms with Crippen molar-refractivity contribution in [2.24, 2.45) is 0 Å². The van der Waals surface area contributed by atoms with E-state index in [0.717, 1.165) is 26.2 Å². The molecule has 0 radical (unpaired) electrons. The molecule has 0 bridgehead atoms. The van der Waals surface area contributed by atoms with Gasteiger partial charge in [0.1, 0.15) is 0 Å². The molecule has 1 aliphatic heterocycles. The minimum Gasteiger partial charge on any atom is -0.371 e. The van der Waals surface area contributed by atoms with Crippen LogP contribution in [-0.2, 0) is 11.3 Å². The van der Waals surface area contributed by atoms with Gasteiger partial charge >= 0.3 is 0 Å². The van der Waals surface area contributed by atoms with Crippen molar-refractivity contribution in [3.05, 3.63) is 66.0 Å². The van der Waals surface area contributed by atoms with Gasteiger partial charge in [-0.25, -0.2) is 0 Å². The lowest BCUT2D eigenvalue weighted by Crippen LogP contribution is -2.37. The predicted molar refractivity (Wildman–Crippen MR) is 74.6 cm³/mol. The second-order valence-corrected chi connectivity index (χ2v) is 4.87. The van der Waals surface area contributed by atoms with Gasteiger partial charge in [0, 0.05) is 37.6 Å². The van der Waals surface area contributed by atoms with Gasteiger partial charge in [0.25, 0.3) is 0 Å². The standard InChI is InChI=1S/C16H18N2O/c1-2-5-14(6-3-1)12-18-9-10-19-16(13-18)15-7-4-8-17-11-15/h1-8,11,16H,9-10,12-13H2/t16-/m0/s1. The van der Waals surface area contributed by atoms with Crippen LogP contribution in [0.25, 0.3) is 0 Å². The minimum atomic E-state index is 0.145. The lowest BCUT2D eigenvalue weighted by molar-refractivity contribution is -0.0330. The van der Waals surface area contributed by atoms with Gasteiger partial charge in [-0.1, -0.05) is 36.4 Å². The molecule has 2 heterocycles. The fraction of sp³-hybridized carbons (Fsp3) is 0.312. The fourth-order valence-electron chi connectivity index (χ4n) is 2.46. The molecule has 19 heavy (non-hydrogen) atoms. The van der Waals surface area contributed by atoms with Gasteiger partial charge < -0.3 is 4.74 Å². The Kier molecular flexibility index (Phi) is 3.86. The third-order valence-corrected chi connectivity index (χ3v) is 3.46.